The number of carbonyl (C=O) groups excluding carboxylic acids is 1. The van der Waals surface area contributed by atoms with E-state index in [0.29, 0.717) is 22.2 Å². The van der Waals surface area contributed by atoms with E-state index >= 15 is 0 Å². The fourth-order valence-electron chi connectivity index (χ4n) is 3.24. The van der Waals surface area contributed by atoms with Crippen molar-refractivity contribution in [2.24, 2.45) is 0 Å². The molecule has 0 saturated heterocycles. The summed E-state index contributed by atoms with van der Waals surface area (Å²) < 4.78 is 5.03. The van der Waals surface area contributed by atoms with E-state index in [9.17, 15) is 9.90 Å². The van der Waals surface area contributed by atoms with Crippen LogP contribution in [0.4, 0.5) is 5.69 Å². The highest BCUT2D eigenvalue weighted by Crippen LogP contribution is 2.31. The van der Waals surface area contributed by atoms with E-state index in [-0.39, 0.29) is 12.5 Å². The number of aliphatic hydroxyl groups is 1. The average Bonchev–Trinajstić information content (AvgIpc) is 2.85. The third kappa shape index (κ3) is 4.77. The maximum atomic E-state index is 12.7. The zero-order valence-electron chi connectivity index (χ0n) is 17.2. The zero-order valence-corrected chi connectivity index (χ0v) is 18.0. The highest BCUT2D eigenvalue weighted by Gasteiger charge is 2.12. The Morgan fingerprint density at radius 2 is 1.75 bits per heavy atom. The van der Waals surface area contributed by atoms with E-state index in [1.807, 2.05) is 30.3 Å². The summed E-state index contributed by atoms with van der Waals surface area (Å²) in [6.45, 7) is -0.0595. The first-order valence-corrected chi connectivity index (χ1v) is 10.2. The molecule has 1 amide bonds. The monoisotopic (exact) mass is 445 g/mol. The molecule has 0 unspecified atom stereocenters. The van der Waals surface area contributed by atoms with Crippen molar-refractivity contribution in [2.45, 2.75) is 6.61 Å². The molecule has 2 aromatic heterocycles. The molecular formula is C25H20ClN3O3. The Balaban J connectivity index is 1.57. The van der Waals surface area contributed by atoms with Gasteiger partial charge >= 0.3 is 0 Å². The van der Waals surface area contributed by atoms with Gasteiger partial charge < -0.3 is 15.2 Å². The summed E-state index contributed by atoms with van der Waals surface area (Å²) in [5.74, 6) is 0.206. The number of ether oxygens (including phenoxy) is 1. The summed E-state index contributed by atoms with van der Waals surface area (Å²) in [6, 6.07) is 18.2. The minimum Gasteiger partial charge on any atom is -0.481 e. The van der Waals surface area contributed by atoms with Gasteiger partial charge in [-0.1, -0.05) is 35.9 Å². The molecule has 2 N–H and O–H groups in total. The fourth-order valence-corrected chi connectivity index (χ4v) is 3.47. The van der Waals surface area contributed by atoms with Gasteiger partial charge in [-0.25, -0.2) is 4.98 Å². The molecule has 0 aliphatic heterocycles. The third-order valence-electron chi connectivity index (χ3n) is 4.94. The van der Waals surface area contributed by atoms with Gasteiger partial charge in [-0.2, -0.15) is 0 Å². The maximum Gasteiger partial charge on any atom is 0.255 e. The number of methoxy groups -OCH3 is 1. The molecule has 0 radical (unpaired) electrons. The second-order valence-corrected chi connectivity index (χ2v) is 7.46. The molecule has 0 saturated carbocycles. The molecule has 0 atom stereocenters. The van der Waals surface area contributed by atoms with Crippen LogP contribution in [0.15, 0.2) is 79.3 Å². The van der Waals surface area contributed by atoms with Crippen LogP contribution in [0.5, 0.6) is 5.88 Å². The second-order valence-electron chi connectivity index (χ2n) is 7.06. The number of halogens is 1. The summed E-state index contributed by atoms with van der Waals surface area (Å²) in [5, 5.41) is 12.7. The normalized spacial score (nSPS) is 10.6. The van der Waals surface area contributed by atoms with Crippen molar-refractivity contribution in [1.29, 1.82) is 0 Å². The predicted molar refractivity (Wildman–Crippen MR) is 125 cm³/mol. The summed E-state index contributed by atoms with van der Waals surface area (Å²) in [6.07, 6.45) is 4.92. The molecule has 0 fully saturated rings. The van der Waals surface area contributed by atoms with Crippen molar-refractivity contribution >= 4 is 23.2 Å². The number of carbonyl (C=O) groups is 1. The molecule has 0 bridgehead atoms. The van der Waals surface area contributed by atoms with Gasteiger partial charge in [-0.3, -0.25) is 9.78 Å². The molecule has 6 nitrogen and oxygen atoms in total. The van der Waals surface area contributed by atoms with Gasteiger partial charge in [0, 0.05) is 40.2 Å². The van der Waals surface area contributed by atoms with Gasteiger partial charge in [-0.05, 0) is 47.0 Å². The molecule has 4 aromatic rings. The van der Waals surface area contributed by atoms with Gasteiger partial charge in [-0.15, -0.1) is 0 Å². The van der Waals surface area contributed by atoms with Crippen LogP contribution in [0, 0.1) is 0 Å². The summed E-state index contributed by atoms with van der Waals surface area (Å²) in [7, 11) is 1.53. The first kappa shape index (κ1) is 21.5. The summed E-state index contributed by atoms with van der Waals surface area (Å²) >= 11 is 6.43. The molecule has 2 heterocycles. The van der Waals surface area contributed by atoms with Crippen molar-refractivity contribution in [3.8, 4) is 28.1 Å². The van der Waals surface area contributed by atoms with E-state index in [1.54, 1.807) is 42.7 Å². The molecular weight excluding hydrogens is 426 g/mol. The Kier molecular flexibility index (Phi) is 6.44. The predicted octanol–water partition coefficient (Wildman–Crippen LogP) is 5.22. The molecule has 32 heavy (non-hydrogen) atoms. The van der Waals surface area contributed by atoms with Gasteiger partial charge in [0.15, 0.2) is 0 Å². The van der Waals surface area contributed by atoms with Crippen LogP contribution >= 0.6 is 11.6 Å². The Labute approximate surface area is 190 Å². The van der Waals surface area contributed by atoms with Gasteiger partial charge in [0.25, 0.3) is 5.91 Å². The minimum atomic E-state index is -0.265. The number of pyridine rings is 2. The molecule has 160 valence electrons. The molecule has 7 heteroatoms. The Bertz CT molecular complexity index is 1240. The maximum absolute atomic E-state index is 12.7. The number of hydrogen-bond donors (Lipinski definition) is 2. The van der Waals surface area contributed by atoms with Gasteiger partial charge in [0.05, 0.1) is 25.6 Å². The lowest BCUT2D eigenvalue weighted by Crippen LogP contribution is -2.12. The van der Waals surface area contributed by atoms with Crippen LogP contribution in [-0.2, 0) is 6.61 Å². The molecule has 0 spiro atoms. The smallest absolute Gasteiger partial charge is 0.255 e. The number of nitrogens with one attached hydrogen (secondary N) is 1. The number of hydrogen-bond acceptors (Lipinski definition) is 5. The van der Waals surface area contributed by atoms with E-state index in [1.165, 1.54) is 13.3 Å². The Hall–Kier alpha value is -3.74. The van der Waals surface area contributed by atoms with Crippen LogP contribution in [-0.4, -0.2) is 28.1 Å². The topological polar surface area (TPSA) is 84.3 Å². The van der Waals surface area contributed by atoms with Crippen LogP contribution in [0.25, 0.3) is 22.3 Å². The van der Waals surface area contributed by atoms with E-state index in [2.05, 4.69) is 15.3 Å². The van der Waals surface area contributed by atoms with Crippen molar-refractivity contribution in [3.05, 3.63) is 95.4 Å². The highest BCUT2D eigenvalue weighted by molar-refractivity contribution is 6.33. The van der Waals surface area contributed by atoms with E-state index in [4.69, 9.17) is 16.3 Å². The number of anilines is 1. The van der Waals surface area contributed by atoms with Crippen LogP contribution < -0.4 is 10.1 Å². The first-order chi connectivity index (χ1) is 15.6. The average molecular weight is 446 g/mol. The van der Waals surface area contributed by atoms with Crippen LogP contribution in [0.2, 0.25) is 5.02 Å². The quantitative estimate of drug-likeness (QED) is 0.425. The second kappa shape index (κ2) is 9.60. The van der Waals surface area contributed by atoms with Crippen molar-refractivity contribution in [1.82, 2.24) is 9.97 Å². The largest absolute Gasteiger partial charge is 0.481 e. The van der Waals surface area contributed by atoms with Crippen molar-refractivity contribution in [3.63, 3.8) is 0 Å². The van der Waals surface area contributed by atoms with E-state index < -0.39 is 0 Å². The van der Waals surface area contributed by atoms with Gasteiger partial charge in [0.1, 0.15) is 0 Å². The number of aromatic nitrogens is 2. The van der Waals surface area contributed by atoms with Crippen LogP contribution in [0.3, 0.4) is 0 Å². The van der Waals surface area contributed by atoms with Crippen molar-refractivity contribution < 1.29 is 14.6 Å². The lowest BCUT2D eigenvalue weighted by molar-refractivity contribution is 0.102. The lowest BCUT2D eigenvalue weighted by atomic mass is 9.99. The Morgan fingerprint density at radius 3 is 2.44 bits per heavy atom. The minimum absolute atomic E-state index is 0.0595. The lowest BCUT2D eigenvalue weighted by Gasteiger charge is -2.10. The molecule has 0 aliphatic carbocycles. The zero-order chi connectivity index (χ0) is 22.5. The standard InChI is InChI=1S/C25H20ClN3O3/c1-32-24-9-7-21(14-28-24)29-25(31)19-6-8-23(26)22(11-19)18-4-2-17(3-5-18)20-10-16(15-30)12-27-13-20/h2-14,30H,15H2,1H3,(H,29,31). The van der Waals surface area contributed by atoms with Crippen LogP contribution in [0.1, 0.15) is 15.9 Å². The molecule has 0 aliphatic rings. The van der Waals surface area contributed by atoms with Crippen molar-refractivity contribution in [2.75, 3.05) is 12.4 Å². The number of benzene rings is 2. The summed E-state index contributed by atoms with van der Waals surface area (Å²) in [5.41, 5.74) is 5.30. The van der Waals surface area contributed by atoms with Gasteiger partial charge in [0.2, 0.25) is 5.88 Å². The Morgan fingerprint density at radius 1 is 0.969 bits per heavy atom. The highest BCUT2D eigenvalue weighted by atomic mass is 35.5. The number of aliphatic hydroxyl groups excluding tert-OH is 1. The number of nitrogens with zero attached hydrogens (tertiary/aromatic N) is 2. The molecule has 4 rings (SSSR count). The number of amides is 1. The first-order valence-electron chi connectivity index (χ1n) is 9.84. The number of rotatable bonds is 6. The fraction of sp³-hybridized carbons (Fsp3) is 0.0800. The summed E-state index contributed by atoms with van der Waals surface area (Å²) in [4.78, 5) is 21.0. The molecule has 2 aromatic carbocycles. The third-order valence-corrected chi connectivity index (χ3v) is 5.27. The van der Waals surface area contributed by atoms with E-state index in [0.717, 1.165) is 27.8 Å². The SMILES string of the molecule is COc1ccc(NC(=O)c2ccc(Cl)c(-c3ccc(-c4cncc(CO)c4)cc3)c2)cn1.